The summed E-state index contributed by atoms with van der Waals surface area (Å²) in [5.74, 6) is 0.251. The van der Waals surface area contributed by atoms with E-state index in [1.807, 2.05) is 6.07 Å². The van der Waals surface area contributed by atoms with Crippen LogP contribution in [0.4, 0.5) is 5.69 Å². The van der Waals surface area contributed by atoms with Crippen molar-refractivity contribution >= 4 is 17.9 Å². The lowest BCUT2D eigenvalue weighted by molar-refractivity contribution is 0.102. The van der Waals surface area contributed by atoms with Gasteiger partial charge >= 0.3 is 0 Å². The van der Waals surface area contributed by atoms with Crippen LogP contribution in [0, 0.1) is 0 Å². The Hall–Kier alpha value is -2.56. The van der Waals surface area contributed by atoms with E-state index in [9.17, 15) is 9.59 Å². The second-order valence-electron chi connectivity index (χ2n) is 3.60. The van der Waals surface area contributed by atoms with Crippen LogP contribution in [0.5, 0.6) is 5.75 Å². The highest BCUT2D eigenvalue weighted by Gasteiger charge is 2.10. The number of anilines is 1. The number of rotatable bonds is 4. The SMILES string of the molecule is COc1ccccc1NC(=O)c1ccc(C=O)[nH]1. The topological polar surface area (TPSA) is 71.2 Å². The molecule has 0 saturated heterocycles. The molecule has 1 amide bonds. The monoisotopic (exact) mass is 244 g/mol. The average molecular weight is 244 g/mol. The number of benzene rings is 1. The van der Waals surface area contributed by atoms with E-state index >= 15 is 0 Å². The van der Waals surface area contributed by atoms with Crippen molar-refractivity contribution < 1.29 is 14.3 Å². The fourth-order valence-electron chi connectivity index (χ4n) is 1.55. The van der Waals surface area contributed by atoms with E-state index in [1.165, 1.54) is 7.11 Å². The maximum Gasteiger partial charge on any atom is 0.272 e. The second-order valence-corrected chi connectivity index (χ2v) is 3.60. The van der Waals surface area contributed by atoms with E-state index < -0.39 is 0 Å². The molecule has 0 radical (unpaired) electrons. The van der Waals surface area contributed by atoms with Crippen LogP contribution in [-0.2, 0) is 0 Å². The number of amides is 1. The van der Waals surface area contributed by atoms with Gasteiger partial charge in [-0.25, -0.2) is 0 Å². The number of carbonyl (C=O) groups excluding carboxylic acids is 2. The first-order valence-electron chi connectivity index (χ1n) is 5.33. The van der Waals surface area contributed by atoms with Crippen molar-refractivity contribution in [3.8, 4) is 5.75 Å². The zero-order valence-corrected chi connectivity index (χ0v) is 9.77. The number of aldehydes is 1. The zero-order chi connectivity index (χ0) is 13.0. The molecule has 1 heterocycles. The maximum atomic E-state index is 11.9. The standard InChI is InChI=1S/C13H12N2O3/c1-18-12-5-3-2-4-10(12)15-13(17)11-7-6-9(8-16)14-11/h2-8,14H,1H3,(H,15,17). The van der Waals surface area contributed by atoms with Gasteiger partial charge in [-0.3, -0.25) is 9.59 Å². The lowest BCUT2D eigenvalue weighted by Gasteiger charge is -2.08. The highest BCUT2D eigenvalue weighted by Crippen LogP contribution is 2.23. The minimum Gasteiger partial charge on any atom is -0.495 e. The minimum absolute atomic E-state index is 0.322. The molecule has 0 bridgehead atoms. The van der Waals surface area contributed by atoms with Crippen molar-refractivity contribution in [3.63, 3.8) is 0 Å². The van der Waals surface area contributed by atoms with Gasteiger partial charge in [0.1, 0.15) is 11.4 Å². The molecular formula is C13H12N2O3. The molecule has 0 aliphatic heterocycles. The number of carbonyl (C=O) groups is 2. The quantitative estimate of drug-likeness (QED) is 0.809. The van der Waals surface area contributed by atoms with Gasteiger partial charge in [0.05, 0.1) is 18.5 Å². The molecule has 92 valence electrons. The molecule has 0 saturated carbocycles. The predicted molar refractivity (Wildman–Crippen MR) is 67.1 cm³/mol. The fourth-order valence-corrected chi connectivity index (χ4v) is 1.55. The molecule has 2 aromatic rings. The molecule has 18 heavy (non-hydrogen) atoms. The second kappa shape index (κ2) is 5.18. The summed E-state index contributed by atoms with van der Waals surface area (Å²) < 4.78 is 5.13. The first kappa shape index (κ1) is 11.9. The van der Waals surface area contributed by atoms with Gasteiger partial charge in [-0.15, -0.1) is 0 Å². The largest absolute Gasteiger partial charge is 0.495 e. The Bertz CT molecular complexity index is 575. The van der Waals surface area contributed by atoms with Gasteiger partial charge in [-0.1, -0.05) is 12.1 Å². The Morgan fingerprint density at radius 3 is 2.72 bits per heavy atom. The normalized spacial score (nSPS) is 9.83. The molecule has 0 unspecified atom stereocenters. The Morgan fingerprint density at radius 2 is 2.06 bits per heavy atom. The molecule has 1 aromatic heterocycles. The highest BCUT2D eigenvalue weighted by atomic mass is 16.5. The van der Waals surface area contributed by atoms with Crippen molar-refractivity contribution in [2.75, 3.05) is 12.4 Å². The van der Waals surface area contributed by atoms with E-state index in [2.05, 4.69) is 10.3 Å². The zero-order valence-electron chi connectivity index (χ0n) is 9.77. The van der Waals surface area contributed by atoms with Crippen LogP contribution >= 0.6 is 0 Å². The minimum atomic E-state index is -0.326. The van der Waals surface area contributed by atoms with Gasteiger partial charge in [0.25, 0.3) is 5.91 Å². The molecule has 2 rings (SSSR count). The van der Waals surface area contributed by atoms with Crippen LogP contribution in [0.3, 0.4) is 0 Å². The third kappa shape index (κ3) is 2.40. The van der Waals surface area contributed by atoms with Gasteiger partial charge in [0.15, 0.2) is 6.29 Å². The van der Waals surface area contributed by atoms with Crippen LogP contribution in [0.25, 0.3) is 0 Å². The van der Waals surface area contributed by atoms with Gasteiger partial charge in [-0.05, 0) is 24.3 Å². The first-order valence-corrected chi connectivity index (χ1v) is 5.33. The third-order valence-electron chi connectivity index (χ3n) is 2.44. The molecule has 0 aliphatic rings. The molecule has 0 spiro atoms. The molecule has 5 nitrogen and oxygen atoms in total. The number of aromatic amines is 1. The number of para-hydroxylation sites is 2. The van der Waals surface area contributed by atoms with E-state index in [0.29, 0.717) is 29.1 Å². The van der Waals surface area contributed by atoms with E-state index in [-0.39, 0.29) is 5.91 Å². The van der Waals surface area contributed by atoms with Crippen molar-refractivity contribution in [1.29, 1.82) is 0 Å². The number of nitrogens with one attached hydrogen (secondary N) is 2. The van der Waals surface area contributed by atoms with Crippen LogP contribution in [-0.4, -0.2) is 24.3 Å². The molecule has 5 heteroatoms. The van der Waals surface area contributed by atoms with Crippen LogP contribution in [0.1, 0.15) is 21.0 Å². The Morgan fingerprint density at radius 1 is 1.28 bits per heavy atom. The lowest BCUT2D eigenvalue weighted by Crippen LogP contribution is -2.13. The molecule has 0 aliphatic carbocycles. The fraction of sp³-hybridized carbons (Fsp3) is 0.0769. The number of hydrogen-bond acceptors (Lipinski definition) is 3. The first-order chi connectivity index (χ1) is 8.74. The van der Waals surface area contributed by atoms with E-state index in [0.717, 1.165) is 0 Å². The Labute approximate surface area is 104 Å². The average Bonchev–Trinajstić information content (AvgIpc) is 2.88. The van der Waals surface area contributed by atoms with Crippen LogP contribution in [0.2, 0.25) is 0 Å². The number of ether oxygens (including phenoxy) is 1. The highest BCUT2D eigenvalue weighted by molar-refractivity contribution is 6.04. The lowest BCUT2D eigenvalue weighted by atomic mass is 10.3. The number of aromatic nitrogens is 1. The molecule has 2 N–H and O–H groups in total. The predicted octanol–water partition coefficient (Wildman–Crippen LogP) is 2.09. The summed E-state index contributed by atoms with van der Waals surface area (Å²) in [4.78, 5) is 25.1. The van der Waals surface area contributed by atoms with Gasteiger partial charge in [-0.2, -0.15) is 0 Å². The van der Waals surface area contributed by atoms with Gasteiger partial charge in [0.2, 0.25) is 0 Å². The molecule has 1 aromatic carbocycles. The van der Waals surface area contributed by atoms with Crippen molar-refractivity contribution in [2.45, 2.75) is 0 Å². The van der Waals surface area contributed by atoms with Gasteiger partial charge in [0, 0.05) is 0 Å². The Kier molecular flexibility index (Phi) is 3.43. The number of methoxy groups -OCH3 is 1. The summed E-state index contributed by atoms with van der Waals surface area (Å²) in [6.07, 6.45) is 0.653. The summed E-state index contributed by atoms with van der Waals surface area (Å²) in [6, 6.07) is 10.2. The Balaban J connectivity index is 2.18. The van der Waals surface area contributed by atoms with Crippen molar-refractivity contribution in [3.05, 3.63) is 47.8 Å². The van der Waals surface area contributed by atoms with Crippen LogP contribution < -0.4 is 10.1 Å². The van der Waals surface area contributed by atoms with E-state index in [1.54, 1.807) is 30.3 Å². The maximum absolute atomic E-state index is 11.9. The smallest absolute Gasteiger partial charge is 0.272 e. The van der Waals surface area contributed by atoms with Gasteiger partial charge < -0.3 is 15.0 Å². The molecular weight excluding hydrogens is 232 g/mol. The summed E-state index contributed by atoms with van der Waals surface area (Å²) >= 11 is 0. The third-order valence-corrected chi connectivity index (χ3v) is 2.44. The van der Waals surface area contributed by atoms with Crippen molar-refractivity contribution in [1.82, 2.24) is 4.98 Å². The van der Waals surface area contributed by atoms with Crippen LogP contribution in [0.15, 0.2) is 36.4 Å². The summed E-state index contributed by atoms with van der Waals surface area (Å²) in [5.41, 5.74) is 1.26. The summed E-state index contributed by atoms with van der Waals surface area (Å²) in [7, 11) is 1.53. The summed E-state index contributed by atoms with van der Waals surface area (Å²) in [5, 5.41) is 2.70. The number of hydrogen-bond donors (Lipinski definition) is 2. The van der Waals surface area contributed by atoms with E-state index in [4.69, 9.17) is 4.74 Å². The summed E-state index contributed by atoms with van der Waals surface area (Å²) in [6.45, 7) is 0. The number of H-pyrrole nitrogens is 1. The van der Waals surface area contributed by atoms with Crippen molar-refractivity contribution in [2.24, 2.45) is 0 Å². The molecule has 0 fully saturated rings. The molecule has 0 atom stereocenters.